The van der Waals surface area contributed by atoms with Crippen LogP contribution in [0.15, 0.2) is 0 Å². The second kappa shape index (κ2) is 32.1. The fourth-order valence-corrected chi connectivity index (χ4v) is 3.88. The van der Waals surface area contributed by atoms with Gasteiger partial charge in [0.05, 0.1) is 0 Å². The first kappa shape index (κ1) is 41.4. The number of rotatable bonds is 23. The molecule has 9 nitrogen and oxygen atoms in total. The molecule has 0 spiro atoms. The number of carbonyl (C=O) groups excluding carboxylic acids is 3. The predicted octanol–water partition coefficient (Wildman–Crippen LogP) is 6.32. The summed E-state index contributed by atoms with van der Waals surface area (Å²) in [5.74, 6) is -2.28. The van der Waals surface area contributed by atoms with Crippen LogP contribution in [0.5, 0.6) is 0 Å². The Morgan fingerprint density at radius 2 is 0.974 bits per heavy atom. The van der Waals surface area contributed by atoms with Crippen molar-refractivity contribution in [1.82, 2.24) is 10.6 Å². The van der Waals surface area contributed by atoms with E-state index in [0.717, 1.165) is 44.9 Å². The summed E-state index contributed by atoms with van der Waals surface area (Å²) in [6, 6.07) is -1.02. The van der Waals surface area contributed by atoms with Crippen molar-refractivity contribution in [2.24, 2.45) is 0 Å². The van der Waals surface area contributed by atoms with Crippen LogP contribution in [-0.4, -0.2) is 51.7 Å². The lowest BCUT2D eigenvalue weighted by molar-refractivity contribution is -0.142. The number of carboxylic acids is 2. The van der Waals surface area contributed by atoms with E-state index in [0.29, 0.717) is 18.5 Å². The maximum absolute atomic E-state index is 12.0. The summed E-state index contributed by atoms with van der Waals surface area (Å²) < 4.78 is 0. The molecule has 0 fully saturated rings. The minimum Gasteiger partial charge on any atom is -0.481 e. The monoisotopic (exact) mass is 576 g/mol. The van der Waals surface area contributed by atoms with Gasteiger partial charge in [-0.15, -0.1) is 12.6 Å². The first-order valence-corrected chi connectivity index (χ1v) is 15.3. The Morgan fingerprint density at radius 3 is 1.31 bits per heavy atom. The van der Waals surface area contributed by atoms with Crippen molar-refractivity contribution in [2.75, 3.05) is 0 Å². The maximum Gasteiger partial charge on any atom is 0.326 e. The standard InChI is InChI=1S/C26H48N2O6.C2H6.CH2OS/c1-21(2)27-24(30)20-19-22(26(33)34)28-23(29)17-15-13-11-9-7-5-3-4-6-8-10-12-14-16-18-25(31)32;1-2;2-1-3/h21-22H,3-20H2,1-2H3,(H,27,30)(H,28,29)(H,31,32)(H,33,34);1-2H3;1H,(H,2,3)/t22-;;/m0../s1. The number of carbonyl (C=O) groups is 5. The molecule has 0 saturated heterocycles. The SMILES string of the molecule is CC.CC(C)NC(=O)CC[C@H](NC(=O)CCCCCCCCCCCCCCCCC(=O)O)C(=O)O.O=CS. The van der Waals surface area contributed by atoms with Crippen molar-refractivity contribution in [1.29, 1.82) is 0 Å². The molecular weight excluding hydrogens is 520 g/mol. The summed E-state index contributed by atoms with van der Waals surface area (Å²) in [6.45, 7) is 7.68. The molecule has 0 aliphatic carbocycles. The minimum absolute atomic E-state index is 0.00421. The average molecular weight is 577 g/mol. The molecule has 230 valence electrons. The predicted molar refractivity (Wildman–Crippen MR) is 161 cm³/mol. The molecule has 0 saturated carbocycles. The Hall–Kier alpha value is -2.10. The molecule has 10 heteroatoms. The molecule has 0 aromatic heterocycles. The molecule has 0 rings (SSSR count). The smallest absolute Gasteiger partial charge is 0.326 e. The van der Waals surface area contributed by atoms with Crippen molar-refractivity contribution >= 4 is 42.0 Å². The van der Waals surface area contributed by atoms with Gasteiger partial charge in [0.25, 0.3) is 0 Å². The molecular formula is C29H56N2O7S. The number of carboxylic acid groups (broad SMARTS) is 2. The zero-order valence-corrected chi connectivity index (χ0v) is 25.7. The number of aliphatic carboxylic acids is 2. The quantitative estimate of drug-likeness (QED) is 0.0542. The lowest BCUT2D eigenvalue weighted by Gasteiger charge is -2.15. The Kier molecular flexibility index (Phi) is 34.1. The molecule has 39 heavy (non-hydrogen) atoms. The average Bonchev–Trinajstić information content (AvgIpc) is 2.87. The van der Waals surface area contributed by atoms with Crippen LogP contribution in [0.25, 0.3) is 0 Å². The van der Waals surface area contributed by atoms with E-state index in [1.807, 2.05) is 27.7 Å². The molecule has 1 atom stereocenters. The van der Waals surface area contributed by atoms with Crippen molar-refractivity contribution in [3.63, 3.8) is 0 Å². The summed E-state index contributed by atoms with van der Waals surface area (Å²) in [7, 11) is 0. The van der Waals surface area contributed by atoms with E-state index >= 15 is 0 Å². The van der Waals surface area contributed by atoms with E-state index in [-0.39, 0.29) is 30.7 Å². The van der Waals surface area contributed by atoms with Gasteiger partial charge < -0.3 is 20.8 Å². The Bertz CT molecular complexity index is 631. The normalized spacial score (nSPS) is 10.8. The van der Waals surface area contributed by atoms with Crippen molar-refractivity contribution in [3.8, 4) is 0 Å². The van der Waals surface area contributed by atoms with Gasteiger partial charge >= 0.3 is 11.9 Å². The van der Waals surface area contributed by atoms with Crippen LogP contribution < -0.4 is 10.6 Å². The van der Waals surface area contributed by atoms with Gasteiger partial charge in [-0.05, 0) is 33.1 Å². The molecule has 2 amide bonds. The first-order valence-electron chi connectivity index (χ1n) is 14.7. The van der Waals surface area contributed by atoms with Gasteiger partial charge in [-0.1, -0.05) is 90.9 Å². The van der Waals surface area contributed by atoms with E-state index in [2.05, 4.69) is 23.3 Å². The Morgan fingerprint density at radius 1 is 0.641 bits per heavy atom. The molecule has 0 radical (unpaired) electrons. The zero-order valence-electron chi connectivity index (χ0n) is 24.8. The van der Waals surface area contributed by atoms with Gasteiger partial charge in [0.1, 0.15) is 6.04 Å². The van der Waals surface area contributed by atoms with Gasteiger partial charge in [0, 0.05) is 25.3 Å². The molecule has 0 aromatic carbocycles. The lowest BCUT2D eigenvalue weighted by atomic mass is 10.0. The molecule has 0 aliphatic rings. The van der Waals surface area contributed by atoms with Crippen molar-refractivity contribution < 1.29 is 34.2 Å². The summed E-state index contributed by atoms with van der Waals surface area (Å²) >= 11 is 3.11. The zero-order chi connectivity index (χ0) is 30.3. The highest BCUT2D eigenvalue weighted by atomic mass is 32.1. The highest BCUT2D eigenvalue weighted by Gasteiger charge is 2.20. The number of amides is 2. The van der Waals surface area contributed by atoms with E-state index in [9.17, 15) is 24.3 Å². The summed E-state index contributed by atoms with van der Waals surface area (Å²) in [6.07, 6.45) is 16.3. The van der Waals surface area contributed by atoms with Crippen LogP contribution in [0.3, 0.4) is 0 Å². The van der Waals surface area contributed by atoms with Crippen LogP contribution >= 0.6 is 12.6 Å². The minimum atomic E-state index is -1.11. The highest BCUT2D eigenvalue weighted by Crippen LogP contribution is 2.14. The maximum atomic E-state index is 12.0. The van der Waals surface area contributed by atoms with Gasteiger partial charge in [-0.25, -0.2) is 4.79 Å². The van der Waals surface area contributed by atoms with Gasteiger partial charge in [0.2, 0.25) is 11.8 Å². The van der Waals surface area contributed by atoms with E-state index in [1.54, 1.807) is 0 Å². The fourth-order valence-electron chi connectivity index (χ4n) is 3.88. The van der Waals surface area contributed by atoms with Crippen LogP contribution in [0.2, 0.25) is 0 Å². The Balaban J connectivity index is -0.00000241. The number of hydrogen-bond acceptors (Lipinski definition) is 5. The second-order valence-corrected chi connectivity index (χ2v) is 9.88. The number of hydrogen-bond donors (Lipinski definition) is 5. The lowest BCUT2D eigenvalue weighted by Crippen LogP contribution is -2.42. The first-order chi connectivity index (χ1) is 18.6. The Labute approximate surface area is 242 Å². The number of nitrogens with one attached hydrogen (secondary N) is 2. The third-order valence-electron chi connectivity index (χ3n) is 5.79. The number of unbranched alkanes of at least 4 members (excludes halogenated alkanes) is 13. The molecule has 4 N–H and O–H groups in total. The van der Waals surface area contributed by atoms with Crippen molar-refractivity contribution in [3.05, 3.63) is 0 Å². The molecule has 0 aliphatic heterocycles. The topological polar surface area (TPSA) is 150 Å². The van der Waals surface area contributed by atoms with Gasteiger partial charge in [0.15, 0.2) is 5.62 Å². The molecule has 0 aromatic rings. The summed E-state index contributed by atoms with van der Waals surface area (Å²) in [5, 5.41) is 23.1. The van der Waals surface area contributed by atoms with E-state index < -0.39 is 18.0 Å². The summed E-state index contributed by atoms with van der Waals surface area (Å²) in [4.78, 5) is 54.2. The van der Waals surface area contributed by atoms with E-state index in [4.69, 9.17) is 9.90 Å². The fraction of sp³-hybridized carbons (Fsp3) is 0.828. The summed E-state index contributed by atoms with van der Waals surface area (Å²) in [5.41, 5.74) is 0.444. The van der Waals surface area contributed by atoms with Crippen molar-refractivity contribution in [2.45, 2.75) is 155 Å². The van der Waals surface area contributed by atoms with Gasteiger partial charge in [-0.3, -0.25) is 19.2 Å². The second-order valence-electron chi connectivity index (χ2n) is 9.67. The number of thiol groups is 1. The van der Waals surface area contributed by atoms with Crippen LogP contribution in [0.4, 0.5) is 0 Å². The highest BCUT2D eigenvalue weighted by molar-refractivity contribution is 7.94. The molecule has 0 heterocycles. The van der Waals surface area contributed by atoms with Gasteiger partial charge in [-0.2, -0.15) is 0 Å². The van der Waals surface area contributed by atoms with Crippen LogP contribution in [0, 0.1) is 0 Å². The van der Waals surface area contributed by atoms with Crippen LogP contribution in [-0.2, 0) is 24.0 Å². The molecule has 0 bridgehead atoms. The van der Waals surface area contributed by atoms with E-state index in [1.165, 1.54) is 44.9 Å². The third kappa shape index (κ3) is 35.9. The largest absolute Gasteiger partial charge is 0.481 e. The molecule has 0 unspecified atom stereocenters. The van der Waals surface area contributed by atoms with Crippen LogP contribution in [0.1, 0.15) is 143 Å². The third-order valence-corrected chi connectivity index (χ3v) is 5.79.